The Kier molecular flexibility index (Phi) is 6.32. The lowest BCUT2D eigenvalue weighted by molar-refractivity contribution is 0.271. The number of benzene rings is 1. The van der Waals surface area contributed by atoms with Crippen molar-refractivity contribution < 1.29 is 4.74 Å². The molecule has 1 unspecified atom stereocenters. The molecule has 0 bridgehead atoms. The van der Waals surface area contributed by atoms with Gasteiger partial charge in [0.2, 0.25) is 0 Å². The summed E-state index contributed by atoms with van der Waals surface area (Å²) in [4.78, 5) is 0. The molecule has 98 valence electrons. The van der Waals surface area contributed by atoms with Crippen LogP contribution >= 0.6 is 0 Å². The summed E-state index contributed by atoms with van der Waals surface area (Å²) in [6.07, 6.45) is 5.99. The average molecular weight is 245 g/mol. The highest BCUT2D eigenvalue weighted by Gasteiger charge is 2.04. The van der Waals surface area contributed by atoms with Crippen molar-refractivity contribution in [3.63, 3.8) is 0 Å². The number of ether oxygens (including phenoxy) is 1. The second-order valence-corrected chi connectivity index (χ2v) is 4.90. The molecule has 0 saturated heterocycles. The van der Waals surface area contributed by atoms with Gasteiger partial charge >= 0.3 is 0 Å². The third-order valence-electron chi connectivity index (χ3n) is 2.68. The van der Waals surface area contributed by atoms with Crippen molar-refractivity contribution >= 4 is 0 Å². The first-order chi connectivity index (χ1) is 8.63. The molecule has 0 aliphatic rings. The fraction of sp³-hybridized carbons (Fsp3) is 0.500. The zero-order valence-electron chi connectivity index (χ0n) is 11.6. The van der Waals surface area contributed by atoms with E-state index in [0.29, 0.717) is 12.0 Å². The Morgan fingerprint density at radius 2 is 1.89 bits per heavy atom. The van der Waals surface area contributed by atoms with Crippen LogP contribution in [0.3, 0.4) is 0 Å². The summed E-state index contributed by atoms with van der Waals surface area (Å²) in [6.45, 7) is 8.04. The molecule has 0 aliphatic carbocycles. The lowest BCUT2D eigenvalue weighted by atomic mass is 10.1. The van der Waals surface area contributed by atoms with Gasteiger partial charge in [-0.15, -0.1) is 12.3 Å². The maximum Gasteiger partial charge on any atom is 0.119 e. The number of nitrogens with one attached hydrogen (secondary N) is 1. The van der Waals surface area contributed by atoms with Crippen molar-refractivity contribution in [2.45, 2.75) is 33.2 Å². The van der Waals surface area contributed by atoms with Crippen molar-refractivity contribution in [3.8, 4) is 18.1 Å². The third kappa shape index (κ3) is 5.25. The van der Waals surface area contributed by atoms with Crippen LogP contribution in [0.1, 0.15) is 38.8 Å². The summed E-state index contributed by atoms with van der Waals surface area (Å²) in [7, 11) is 0. The fourth-order valence-electron chi connectivity index (χ4n) is 1.59. The van der Waals surface area contributed by atoms with Crippen LogP contribution < -0.4 is 10.1 Å². The Balaban J connectivity index is 2.46. The monoisotopic (exact) mass is 245 g/mol. The highest BCUT2D eigenvalue weighted by molar-refractivity contribution is 5.28. The molecule has 1 atom stereocenters. The SMILES string of the molecule is C#CCCNC(C)c1ccc(OCC(C)C)cc1. The molecule has 1 rings (SSSR count). The van der Waals surface area contributed by atoms with E-state index in [9.17, 15) is 0 Å². The van der Waals surface area contributed by atoms with Gasteiger partial charge in [-0.25, -0.2) is 0 Å². The Bertz CT molecular complexity index is 375. The summed E-state index contributed by atoms with van der Waals surface area (Å²) in [5.74, 6) is 4.11. The number of rotatable bonds is 7. The lowest BCUT2D eigenvalue weighted by Crippen LogP contribution is -2.19. The zero-order valence-corrected chi connectivity index (χ0v) is 11.6. The standard InChI is InChI=1S/C16H23NO/c1-5-6-11-17-14(4)15-7-9-16(10-8-15)18-12-13(2)3/h1,7-10,13-14,17H,6,11-12H2,2-4H3. The molecule has 0 heterocycles. The van der Waals surface area contributed by atoms with Crippen LogP contribution in [-0.4, -0.2) is 13.2 Å². The Labute approximate surface area is 111 Å². The molecule has 0 aromatic heterocycles. The number of hydrogen-bond donors (Lipinski definition) is 1. The largest absolute Gasteiger partial charge is 0.493 e. The molecule has 2 nitrogen and oxygen atoms in total. The van der Waals surface area contributed by atoms with Gasteiger partial charge in [0, 0.05) is 19.0 Å². The maximum atomic E-state index is 5.65. The van der Waals surface area contributed by atoms with Gasteiger partial charge in [-0.2, -0.15) is 0 Å². The van der Waals surface area contributed by atoms with Crippen molar-refractivity contribution in [3.05, 3.63) is 29.8 Å². The highest BCUT2D eigenvalue weighted by Crippen LogP contribution is 2.18. The van der Waals surface area contributed by atoms with E-state index in [2.05, 4.69) is 44.1 Å². The molecule has 0 saturated carbocycles. The van der Waals surface area contributed by atoms with Gasteiger partial charge in [-0.05, 0) is 30.5 Å². The summed E-state index contributed by atoms with van der Waals surface area (Å²) in [5, 5.41) is 3.39. The van der Waals surface area contributed by atoms with Gasteiger partial charge in [0.15, 0.2) is 0 Å². The molecular weight excluding hydrogens is 222 g/mol. The first-order valence-corrected chi connectivity index (χ1v) is 6.53. The van der Waals surface area contributed by atoms with Crippen LogP contribution in [0, 0.1) is 18.3 Å². The normalized spacial score (nSPS) is 12.2. The quantitative estimate of drug-likeness (QED) is 0.587. The smallest absolute Gasteiger partial charge is 0.119 e. The van der Waals surface area contributed by atoms with Gasteiger partial charge in [0.25, 0.3) is 0 Å². The molecule has 0 fully saturated rings. The van der Waals surface area contributed by atoms with Crippen LogP contribution in [0.25, 0.3) is 0 Å². The van der Waals surface area contributed by atoms with E-state index in [1.807, 2.05) is 12.1 Å². The molecule has 1 aromatic rings. The Hall–Kier alpha value is -1.46. The fourth-order valence-corrected chi connectivity index (χ4v) is 1.59. The van der Waals surface area contributed by atoms with Crippen molar-refractivity contribution in [2.24, 2.45) is 5.92 Å². The highest BCUT2D eigenvalue weighted by atomic mass is 16.5. The lowest BCUT2D eigenvalue weighted by Gasteiger charge is -2.14. The predicted octanol–water partition coefficient (Wildman–Crippen LogP) is 3.40. The van der Waals surface area contributed by atoms with Crippen molar-refractivity contribution in [1.82, 2.24) is 5.32 Å². The van der Waals surface area contributed by atoms with Crippen molar-refractivity contribution in [1.29, 1.82) is 0 Å². The second-order valence-electron chi connectivity index (χ2n) is 4.90. The minimum absolute atomic E-state index is 0.317. The minimum Gasteiger partial charge on any atom is -0.493 e. The Morgan fingerprint density at radius 3 is 2.44 bits per heavy atom. The second kappa shape index (κ2) is 7.79. The summed E-state index contributed by atoms with van der Waals surface area (Å²) < 4.78 is 5.65. The van der Waals surface area contributed by atoms with E-state index < -0.39 is 0 Å². The number of terminal acetylenes is 1. The molecular formula is C16H23NO. The van der Waals surface area contributed by atoms with Gasteiger partial charge in [0.05, 0.1) is 6.61 Å². The molecule has 0 spiro atoms. The van der Waals surface area contributed by atoms with Crippen molar-refractivity contribution in [2.75, 3.05) is 13.2 Å². The average Bonchev–Trinajstić information content (AvgIpc) is 2.37. The topological polar surface area (TPSA) is 21.3 Å². The molecule has 1 N–H and O–H groups in total. The zero-order chi connectivity index (χ0) is 13.4. The van der Waals surface area contributed by atoms with Crippen LogP contribution in [0.2, 0.25) is 0 Å². The molecule has 18 heavy (non-hydrogen) atoms. The Morgan fingerprint density at radius 1 is 1.22 bits per heavy atom. The summed E-state index contributed by atoms with van der Waals surface area (Å²) in [6, 6.07) is 8.57. The van der Waals surface area contributed by atoms with Crippen LogP contribution in [0.15, 0.2) is 24.3 Å². The van der Waals surface area contributed by atoms with Crippen LogP contribution in [-0.2, 0) is 0 Å². The molecule has 1 aromatic carbocycles. The minimum atomic E-state index is 0.317. The van der Waals surface area contributed by atoms with Gasteiger partial charge in [0.1, 0.15) is 5.75 Å². The summed E-state index contributed by atoms with van der Waals surface area (Å²) in [5.41, 5.74) is 1.25. The van der Waals surface area contributed by atoms with E-state index in [1.165, 1.54) is 5.56 Å². The van der Waals surface area contributed by atoms with Gasteiger partial charge in [-0.3, -0.25) is 0 Å². The first-order valence-electron chi connectivity index (χ1n) is 6.53. The molecule has 2 heteroatoms. The van der Waals surface area contributed by atoms with Gasteiger partial charge in [-0.1, -0.05) is 26.0 Å². The van der Waals surface area contributed by atoms with Gasteiger partial charge < -0.3 is 10.1 Å². The number of hydrogen-bond acceptors (Lipinski definition) is 2. The maximum absolute atomic E-state index is 5.65. The summed E-state index contributed by atoms with van der Waals surface area (Å²) >= 11 is 0. The van der Waals surface area contributed by atoms with E-state index in [1.54, 1.807) is 0 Å². The van der Waals surface area contributed by atoms with Crippen LogP contribution in [0.4, 0.5) is 0 Å². The molecule has 0 aliphatic heterocycles. The first kappa shape index (κ1) is 14.6. The molecule has 0 radical (unpaired) electrons. The molecule has 0 amide bonds. The van der Waals surface area contributed by atoms with E-state index in [4.69, 9.17) is 11.2 Å². The van der Waals surface area contributed by atoms with Crippen LogP contribution in [0.5, 0.6) is 5.75 Å². The third-order valence-corrected chi connectivity index (χ3v) is 2.68. The van der Waals surface area contributed by atoms with E-state index >= 15 is 0 Å². The van der Waals surface area contributed by atoms with E-state index in [-0.39, 0.29) is 0 Å². The van der Waals surface area contributed by atoms with E-state index in [0.717, 1.165) is 25.3 Å². The predicted molar refractivity (Wildman–Crippen MR) is 76.6 cm³/mol.